The maximum absolute atomic E-state index is 5.74. The second kappa shape index (κ2) is 4.42. The predicted molar refractivity (Wildman–Crippen MR) is 68.7 cm³/mol. The molecule has 0 spiro atoms. The molecule has 0 fully saturated rings. The highest BCUT2D eigenvalue weighted by molar-refractivity contribution is 5.62. The number of hydrogen-bond donors (Lipinski definition) is 1. The highest BCUT2D eigenvalue weighted by Crippen LogP contribution is 2.32. The third-order valence-corrected chi connectivity index (χ3v) is 3.16. The van der Waals surface area contributed by atoms with E-state index in [9.17, 15) is 0 Å². The molecular formula is C13H16N4O. The van der Waals surface area contributed by atoms with Crippen molar-refractivity contribution in [3.8, 4) is 0 Å². The van der Waals surface area contributed by atoms with Gasteiger partial charge in [-0.25, -0.2) is 0 Å². The summed E-state index contributed by atoms with van der Waals surface area (Å²) in [5.74, 6) is 0.480. The van der Waals surface area contributed by atoms with Gasteiger partial charge in [-0.3, -0.25) is 4.90 Å². The Morgan fingerprint density at radius 3 is 2.94 bits per heavy atom. The molecule has 1 atom stereocenters. The molecule has 0 amide bonds. The summed E-state index contributed by atoms with van der Waals surface area (Å²) in [6.45, 7) is 2.74. The molecule has 0 bridgehead atoms. The number of aromatic nitrogens is 2. The summed E-state index contributed by atoms with van der Waals surface area (Å²) in [7, 11) is 0. The highest BCUT2D eigenvalue weighted by atomic mass is 16.4. The van der Waals surface area contributed by atoms with Gasteiger partial charge in [-0.05, 0) is 31.4 Å². The van der Waals surface area contributed by atoms with Crippen LogP contribution >= 0.6 is 0 Å². The Bertz CT molecular complexity index is 549. The summed E-state index contributed by atoms with van der Waals surface area (Å²) in [6, 6.07) is 8.62. The van der Waals surface area contributed by atoms with Crippen molar-refractivity contribution in [3.05, 3.63) is 35.7 Å². The largest absolute Gasteiger partial charge is 0.406 e. The molecule has 1 unspecified atom stereocenters. The molecule has 1 aromatic carbocycles. The first-order chi connectivity index (χ1) is 8.75. The zero-order chi connectivity index (χ0) is 12.5. The SMILES string of the molecule is CC(N)c1nnc(N2CCCc3ccccc32)o1. The fraction of sp³-hybridized carbons (Fsp3) is 0.385. The number of hydrogen-bond acceptors (Lipinski definition) is 5. The number of rotatable bonds is 2. The molecule has 0 saturated heterocycles. The molecule has 5 nitrogen and oxygen atoms in total. The van der Waals surface area contributed by atoms with Crippen molar-refractivity contribution in [3.63, 3.8) is 0 Å². The van der Waals surface area contributed by atoms with Gasteiger partial charge in [0.1, 0.15) is 0 Å². The number of nitrogens with two attached hydrogens (primary N) is 1. The molecule has 3 rings (SSSR count). The van der Waals surface area contributed by atoms with Gasteiger partial charge in [0.2, 0.25) is 5.89 Å². The highest BCUT2D eigenvalue weighted by Gasteiger charge is 2.22. The summed E-state index contributed by atoms with van der Waals surface area (Å²) in [4.78, 5) is 2.07. The molecule has 5 heteroatoms. The molecule has 94 valence electrons. The van der Waals surface area contributed by atoms with Crippen molar-refractivity contribution >= 4 is 11.7 Å². The van der Waals surface area contributed by atoms with E-state index in [1.165, 1.54) is 5.56 Å². The second-order valence-electron chi connectivity index (χ2n) is 4.60. The molecule has 2 aromatic rings. The molecule has 2 N–H and O–H groups in total. The van der Waals surface area contributed by atoms with E-state index in [1.807, 2.05) is 13.0 Å². The lowest BCUT2D eigenvalue weighted by molar-refractivity contribution is 0.462. The van der Waals surface area contributed by atoms with Gasteiger partial charge in [-0.1, -0.05) is 23.3 Å². The molecule has 1 aromatic heterocycles. The monoisotopic (exact) mass is 244 g/mol. The van der Waals surface area contributed by atoms with E-state index in [4.69, 9.17) is 10.2 Å². The average molecular weight is 244 g/mol. The number of benzene rings is 1. The van der Waals surface area contributed by atoms with Crippen molar-refractivity contribution in [1.82, 2.24) is 10.2 Å². The van der Waals surface area contributed by atoms with E-state index in [-0.39, 0.29) is 6.04 Å². The molecule has 1 aliphatic heterocycles. The van der Waals surface area contributed by atoms with Crippen LogP contribution in [-0.2, 0) is 6.42 Å². The van der Waals surface area contributed by atoms with Crippen LogP contribution in [0.3, 0.4) is 0 Å². The third-order valence-electron chi connectivity index (χ3n) is 3.16. The predicted octanol–water partition coefficient (Wildman–Crippen LogP) is 2.17. The van der Waals surface area contributed by atoms with E-state index in [1.54, 1.807) is 0 Å². The minimum Gasteiger partial charge on any atom is -0.406 e. The second-order valence-corrected chi connectivity index (χ2v) is 4.60. The number of aryl methyl sites for hydroxylation is 1. The minimum absolute atomic E-state index is 0.230. The van der Waals surface area contributed by atoms with Crippen LogP contribution in [0.2, 0.25) is 0 Å². The van der Waals surface area contributed by atoms with Crippen LogP contribution in [0.1, 0.15) is 30.8 Å². The molecular weight excluding hydrogens is 228 g/mol. The van der Waals surface area contributed by atoms with Crippen LogP contribution < -0.4 is 10.6 Å². The Kier molecular flexibility index (Phi) is 2.76. The number of nitrogens with zero attached hydrogens (tertiary/aromatic N) is 3. The van der Waals surface area contributed by atoms with E-state index in [0.29, 0.717) is 11.9 Å². The van der Waals surface area contributed by atoms with Gasteiger partial charge in [0.05, 0.1) is 6.04 Å². The summed E-state index contributed by atoms with van der Waals surface area (Å²) in [5, 5.41) is 8.07. The van der Waals surface area contributed by atoms with Crippen molar-refractivity contribution in [1.29, 1.82) is 0 Å². The summed E-state index contributed by atoms with van der Waals surface area (Å²) >= 11 is 0. The molecule has 2 heterocycles. The number of fused-ring (bicyclic) bond motifs is 1. The Hall–Kier alpha value is -1.88. The van der Waals surface area contributed by atoms with Gasteiger partial charge in [-0.15, -0.1) is 5.10 Å². The topological polar surface area (TPSA) is 68.2 Å². The number of anilines is 2. The third kappa shape index (κ3) is 1.86. The van der Waals surface area contributed by atoms with Crippen LogP contribution in [0.15, 0.2) is 28.7 Å². The van der Waals surface area contributed by atoms with Gasteiger partial charge < -0.3 is 10.2 Å². The molecule has 18 heavy (non-hydrogen) atoms. The van der Waals surface area contributed by atoms with E-state index in [0.717, 1.165) is 25.1 Å². The Morgan fingerprint density at radius 2 is 2.17 bits per heavy atom. The molecule has 0 saturated carbocycles. The van der Waals surface area contributed by atoms with Gasteiger partial charge >= 0.3 is 6.01 Å². The number of para-hydroxylation sites is 1. The molecule has 1 aliphatic rings. The van der Waals surface area contributed by atoms with Crippen molar-refractivity contribution in [2.24, 2.45) is 5.73 Å². The average Bonchev–Trinajstić information content (AvgIpc) is 2.87. The van der Waals surface area contributed by atoms with Crippen molar-refractivity contribution in [2.75, 3.05) is 11.4 Å². The molecule has 0 radical (unpaired) electrons. The fourth-order valence-electron chi connectivity index (χ4n) is 2.25. The fourth-order valence-corrected chi connectivity index (χ4v) is 2.25. The summed E-state index contributed by atoms with van der Waals surface area (Å²) < 4.78 is 5.62. The van der Waals surface area contributed by atoms with Crippen LogP contribution in [0, 0.1) is 0 Å². The van der Waals surface area contributed by atoms with Gasteiger partial charge in [0.15, 0.2) is 0 Å². The quantitative estimate of drug-likeness (QED) is 0.876. The smallest absolute Gasteiger partial charge is 0.322 e. The first kappa shape index (κ1) is 11.2. The zero-order valence-corrected chi connectivity index (χ0v) is 10.3. The van der Waals surface area contributed by atoms with Crippen LogP contribution in [-0.4, -0.2) is 16.7 Å². The minimum atomic E-state index is -0.230. The normalized spacial score (nSPS) is 16.4. The van der Waals surface area contributed by atoms with Gasteiger partial charge in [-0.2, -0.15) is 0 Å². The van der Waals surface area contributed by atoms with Crippen LogP contribution in [0.25, 0.3) is 0 Å². The maximum Gasteiger partial charge on any atom is 0.322 e. The van der Waals surface area contributed by atoms with Gasteiger partial charge in [0, 0.05) is 12.2 Å². The zero-order valence-electron chi connectivity index (χ0n) is 10.3. The van der Waals surface area contributed by atoms with Crippen LogP contribution in [0.5, 0.6) is 0 Å². The maximum atomic E-state index is 5.74. The van der Waals surface area contributed by atoms with Crippen LogP contribution in [0.4, 0.5) is 11.7 Å². The standard InChI is InChI=1S/C13H16N4O/c1-9(14)12-15-16-13(18-12)17-8-4-6-10-5-2-3-7-11(10)17/h2-3,5,7,9H,4,6,8,14H2,1H3. The molecule has 0 aliphatic carbocycles. The summed E-state index contributed by atoms with van der Waals surface area (Å²) in [6.07, 6.45) is 2.19. The lowest BCUT2D eigenvalue weighted by atomic mass is 10.0. The Balaban J connectivity index is 1.97. The summed E-state index contributed by atoms with van der Waals surface area (Å²) in [5.41, 5.74) is 8.22. The lowest BCUT2D eigenvalue weighted by Crippen LogP contribution is -2.24. The first-order valence-corrected chi connectivity index (χ1v) is 6.20. The Labute approximate surface area is 106 Å². The van der Waals surface area contributed by atoms with E-state index >= 15 is 0 Å². The van der Waals surface area contributed by atoms with Crippen molar-refractivity contribution in [2.45, 2.75) is 25.8 Å². The Morgan fingerprint density at radius 1 is 1.33 bits per heavy atom. The lowest BCUT2D eigenvalue weighted by Gasteiger charge is -2.27. The van der Waals surface area contributed by atoms with Crippen molar-refractivity contribution < 1.29 is 4.42 Å². The van der Waals surface area contributed by atoms with E-state index in [2.05, 4.69) is 33.3 Å². The van der Waals surface area contributed by atoms with Gasteiger partial charge in [0.25, 0.3) is 0 Å². The van der Waals surface area contributed by atoms with E-state index < -0.39 is 0 Å². The first-order valence-electron chi connectivity index (χ1n) is 6.20.